The molecule has 0 aliphatic rings. The summed E-state index contributed by atoms with van der Waals surface area (Å²) in [7, 11) is -1.01. The lowest BCUT2D eigenvalue weighted by molar-refractivity contribution is -0.138. The first-order valence-corrected chi connectivity index (χ1v) is 11.4. The highest BCUT2D eigenvalue weighted by Crippen LogP contribution is 2.45. The van der Waals surface area contributed by atoms with Crippen molar-refractivity contribution in [1.29, 1.82) is 0 Å². The molecule has 3 N–H and O–H groups in total. The van der Waals surface area contributed by atoms with Gasteiger partial charge in [0.1, 0.15) is 20.2 Å². The van der Waals surface area contributed by atoms with Crippen molar-refractivity contribution in [1.82, 2.24) is 0 Å². The van der Waals surface area contributed by atoms with Crippen molar-refractivity contribution in [2.24, 2.45) is 0 Å². The summed E-state index contributed by atoms with van der Waals surface area (Å²) in [5.74, 6) is -1.19. The Hall–Kier alpha value is -2.79. The standard InChI is InChI=1S/C13H20NO3P.C8H9NO2/c1-4-18(16,5-2)12-9-7-6-8-11(12)14-10-13(15)17-3;10-8(11)6-9-7-4-2-1-3-5-7/h6-9,14H,4-5,10H2,1-3H3;1-5,9H,6H2,(H,10,11). The lowest BCUT2D eigenvalue weighted by Gasteiger charge is -2.19. The van der Waals surface area contributed by atoms with E-state index < -0.39 is 13.1 Å². The number of para-hydroxylation sites is 2. The van der Waals surface area contributed by atoms with E-state index in [1.165, 1.54) is 7.11 Å². The fraction of sp³-hybridized carbons (Fsp3) is 0.333. The molecule has 0 heterocycles. The lowest BCUT2D eigenvalue weighted by Crippen LogP contribution is -2.20. The van der Waals surface area contributed by atoms with E-state index in [0.29, 0.717) is 12.3 Å². The summed E-state index contributed by atoms with van der Waals surface area (Å²) < 4.78 is 17.3. The molecule has 0 bridgehead atoms. The third-order valence-electron chi connectivity index (χ3n) is 4.23. The molecule has 158 valence electrons. The topological polar surface area (TPSA) is 105 Å². The molecule has 0 aliphatic carbocycles. The largest absolute Gasteiger partial charge is 0.480 e. The smallest absolute Gasteiger partial charge is 0.325 e. The van der Waals surface area contributed by atoms with Crippen molar-refractivity contribution in [3.63, 3.8) is 0 Å². The molecule has 2 rings (SSSR count). The van der Waals surface area contributed by atoms with E-state index in [9.17, 15) is 14.2 Å². The Morgan fingerprint density at radius 1 is 0.931 bits per heavy atom. The van der Waals surface area contributed by atoms with Gasteiger partial charge < -0.3 is 25.0 Å². The van der Waals surface area contributed by atoms with Crippen LogP contribution in [0.4, 0.5) is 11.4 Å². The second-order valence-electron chi connectivity index (χ2n) is 6.08. The van der Waals surface area contributed by atoms with Crippen molar-refractivity contribution >= 4 is 35.8 Å². The van der Waals surface area contributed by atoms with Gasteiger partial charge in [-0.3, -0.25) is 9.59 Å². The zero-order valence-corrected chi connectivity index (χ0v) is 17.9. The predicted molar refractivity (Wildman–Crippen MR) is 118 cm³/mol. The normalized spacial score (nSPS) is 10.3. The Kier molecular flexibility index (Phi) is 10.6. The van der Waals surface area contributed by atoms with Crippen LogP contribution in [0.5, 0.6) is 0 Å². The number of carbonyl (C=O) groups excluding carboxylic acids is 1. The Balaban J connectivity index is 0.000000326. The average molecular weight is 420 g/mol. The number of carboxylic acid groups (broad SMARTS) is 1. The van der Waals surface area contributed by atoms with Crippen molar-refractivity contribution < 1.29 is 24.0 Å². The summed E-state index contributed by atoms with van der Waals surface area (Å²) in [5, 5.41) is 14.9. The molecule has 0 atom stereocenters. The molecule has 0 unspecified atom stereocenters. The van der Waals surface area contributed by atoms with Gasteiger partial charge in [-0.2, -0.15) is 0 Å². The van der Waals surface area contributed by atoms with Crippen LogP contribution in [0, 0.1) is 0 Å². The maximum atomic E-state index is 12.7. The molecule has 0 aromatic heterocycles. The van der Waals surface area contributed by atoms with Crippen LogP contribution in [0.25, 0.3) is 0 Å². The van der Waals surface area contributed by atoms with E-state index in [-0.39, 0.29) is 19.1 Å². The Labute approximate surface area is 171 Å². The first-order chi connectivity index (χ1) is 13.9. The van der Waals surface area contributed by atoms with Gasteiger partial charge in [0.05, 0.1) is 7.11 Å². The second kappa shape index (κ2) is 12.6. The molecule has 0 amide bonds. The minimum absolute atomic E-state index is 0.0377. The monoisotopic (exact) mass is 420 g/mol. The van der Waals surface area contributed by atoms with E-state index >= 15 is 0 Å². The number of benzene rings is 2. The van der Waals surface area contributed by atoms with Crippen molar-refractivity contribution in [2.45, 2.75) is 13.8 Å². The van der Waals surface area contributed by atoms with Crippen LogP contribution in [-0.2, 0) is 18.9 Å². The highest BCUT2D eigenvalue weighted by molar-refractivity contribution is 7.71. The van der Waals surface area contributed by atoms with E-state index in [2.05, 4.69) is 15.4 Å². The van der Waals surface area contributed by atoms with Gasteiger partial charge in [-0.25, -0.2) is 0 Å². The zero-order chi connectivity index (χ0) is 21.7. The molecule has 29 heavy (non-hydrogen) atoms. The Morgan fingerprint density at radius 3 is 2.07 bits per heavy atom. The number of esters is 1. The Bertz CT molecular complexity index is 819. The minimum Gasteiger partial charge on any atom is -0.480 e. The number of rotatable bonds is 9. The SMILES string of the molecule is CCP(=O)(CC)c1ccccc1NCC(=O)OC.O=C(O)CNc1ccccc1. The van der Waals surface area contributed by atoms with Gasteiger partial charge in [0.2, 0.25) is 0 Å². The number of methoxy groups -OCH3 is 1. The number of ether oxygens (including phenoxy) is 1. The van der Waals surface area contributed by atoms with Crippen LogP contribution in [-0.4, -0.2) is 49.6 Å². The van der Waals surface area contributed by atoms with E-state index in [1.807, 2.05) is 68.4 Å². The predicted octanol–water partition coefficient (Wildman–Crippen LogP) is 3.48. The molecule has 0 fully saturated rings. The van der Waals surface area contributed by atoms with Gasteiger partial charge in [-0.05, 0) is 24.3 Å². The van der Waals surface area contributed by atoms with Gasteiger partial charge in [0, 0.05) is 29.0 Å². The number of hydrogen-bond acceptors (Lipinski definition) is 6. The summed E-state index contributed by atoms with van der Waals surface area (Å²) in [5.41, 5.74) is 1.59. The first kappa shape index (κ1) is 24.2. The maximum Gasteiger partial charge on any atom is 0.325 e. The fourth-order valence-electron chi connectivity index (χ4n) is 2.52. The van der Waals surface area contributed by atoms with Gasteiger partial charge in [0.25, 0.3) is 0 Å². The quantitative estimate of drug-likeness (QED) is 0.421. The van der Waals surface area contributed by atoms with E-state index in [0.717, 1.165) is 16.7 Å². The van der Waals surface area contributed by atoms with Crippen LogP contribution in [0.1, 0.15) is 13.8 Å². The lowest BCUT2D eigenvalue weighted by atomic mass is 10.3. The number of aliphatic carboxylic acids is 1. The third kappa shape index (κ3) is 8.40. The molecule has 0 radical (unpaired) electrons. The van der Waals surface area contributed by atoms with Crippen molar-refractivity contribution in [3.8, 4) is 0 Å². The van der Waals surface area contributed by atoms with Crippen molar-refractivity contribution in [3.05, 3.63) is 54.6 Å². The average Bonchev–Trinajstić information content (AvgIpc) is 2.76. The molecular formula is C21H29N2O5P. The number of carbonyl (C=O) groups is 2. The van der Waals surface area contributed by atoms with Crippen LogP contribution >= 0.6 is 7.14 Å². The summed E-state index contributed by atoms with van der Waals surface area (Å²) in [6.07, 6.45) is 1.25. The molecule has 7 nitrogen and oxygen atoms in total. The van der Waals surface area contributed by atoms with E-state index in [1.54, 1.807) is 0 Å². The number of carboxylic acids is 1. The van der Waals surface area contributed by atoms with E-state index in [4.69, 9.17) is 5.11 Å². The molecule has 0 saturated carbocycles. The molecular weight excluding hydrogens is 391 g/mol. The number of hydrogen-bond donors (Lipinski definition) is 3. The highest BCUT2D eigenvalue weighted by Gasteiger charge is 2.23. The summed E-state index contributed by atoms with van der Waals surface area (Å²) in [6, 6.07) is 16.7. The molecule has 2 aromatic rings. The van der Waals surface area contributed by atoms with Gasteiger partial charge in [-0.15, -0.1) is 0 Å². The third-order valence-corrected chi connectivity index (χ3v) is 7.54. The molecule has 2 aromatic carbocycles. The minimum atomic E-state index is -2.35. The Morgan fingerprint density at radius 2 is 1.52 bits per heavy atom. The van der Waals surface area contributed by atoms with Crippen LogP contribution in [0.3, 0.4) is 0 Å². The van der Waals surface area contributed by atoms with Gasteiger partial charge in [-0.1, -0.05) is 44.2 Å². The van der Waals surface area contributed by atoms with Gasteiger partial charge >= 0.3 is 11.9 Å². The molecule has 8 heteroatoms. The summed E-state index contributed by atoms with van der Waals surface area (Å²) in [6.45, 7) is 3.91. The highest BCUT2D eigenvalue weighted by atomic mass is 31.2. The van der Waals surface area contributed by atoms with Crippen LogP contribution in [0.15, 0.2) is 54.6 Å². The number of nitrogens with one attached hydrogen (secondary N) is 2. The fourth-order valence-corrected chi connectivity index (χ4v) is 4.59. The zero-order valence-electron chi connectivity index (χ0n) is 17.1. The van der Waals surface area contributed by atoms with Gasteiger partial charge in [0.15, 0.2) is 0 Å². The molecule has 0 saturated heterocycles. The summed E-state index contributed by atoms with van der Waals surface area (Å²) in [4.78, 5) is 21.2. The maximum absolute atomic E-state index is 12.7. The first-order valence-electron chi connectivity index (χ1n) is 9.35. The van der Waals surface area contributed by atoms with Crippen LogP contribution < -0.4 is 15.9 Å². The number of anilines is 2. The second-order valence-corrected chi connectivity index (χ2v) is 9.61. The van der Waals surface area contributed by atoms with Crippen LogP contribution in [0.2, 0.25) is 0 Å². The molecule has 0 spiro atoms. The van der Waals surface area contributed by atoms with Crippen molar-refractivity contribution in [2.75, 3.05) is 43.2 Å². The molecule has 0 aliphatic heterocycles. The summed E-state index contributed by atoms with van der Waals surface area (Å²) >= 11 is 0.